The number of carbonyl (C=O) groups is 1. The molecule has 0 bridgehead atoms. The van der Waals surface area contributed by atoms with Gasteiger partial charge in [0.1, 0.15) is 0 Å². The summed E-state index contributed by atoms with van der Waals surface area (Å²) in [4.78, 5) is 18.0. The minimum absolute atomic E-state index is 0.174. The minimum atomic E-state index is -0.253. The molecule has 0 fully saturated rings. The molecule has 0 radical (unpaired) electrons. The Labute approximate surface area is 158 Å². The fourth-order valence-corrected chi connectivity index (χ4v) is 3.35. The molecule has 0 saturated heterocycles. The molecule has 3 heteroatoms. The fraction of sp³-hybridized carbons (Fsp3) is 0.435. The first-order valence-electron chi connectivity index (χ1n) is 9.71. The van der Waals surface area contributed by atoms with Crippen LogP contribution in [0.1, 0.15) is 44.7 Å². The summed E-state index contributed by atoms with van der Waals surface area (Å²) in [7, 11) is 0. The highest BCUT2D eigenvalue weighted by Gasteiger charge is 2.28. The smallest absolute Gasteiger partial charge is 0.234 e. The van der Waals surface area contributed by atoms with E-state index in [9.17, 15) is 4.79 Å². The fourth-order valence-electron chi connectivity index (χ4n) is 3.35. The summed E-state index contributed by atoms with van der Waals surface area (Å²) in [6.07, 6.45) is 0. The Hall–Kier alpha value is -2.13. The van der Waals surface area contributed by atoms with Gasteiger partial charge in [-0.3, -0.25) is 4.79 Å². The van der Waals surface area contributed by atoms with Gasteiger partial charge in [-0.25, -0.2) is 0 Å². The summed E-state index contributed by atoms with van der Waals surface area (Å²) < 4.78 is 0. The zero-order valence-electron chi connectivity index (χ0n) is 16.6. The van der Waals surface area contributed by atoms with Crippen molar-refractivity contribution >= 4 is 5.91 Å². The number of hydrogen-bond acceptors (Lipinski definition) is 2. The minimum Gasteiger partial charge on any atom is -0.338 e. The third-order valence-electron chi connectivity index (χ3n) is 4.97. The van der Waals surface area contributed by atoms with Crippen molar-refractivity contribution in [1.82, 2.24) is 9.80 Å². The average molecular weight is 353 g/mol. The lowest BCUT2D eigenvalue weighted by Crippen LogP contribution is -2.44. The molecule has 0 aliphatic carbocycles. The normalized spacial score (nSPS) is 11.3. The first-order valence-corrected chi connectivity index (χ1v) is 9.71. The molecule has 3 nitrogen and oxygen atoms in total. The molecule has 2 aromatic carbocycles. The quantitative estimate of drug-likeness (QED) is 0.668. The van der Waals surface area contributed by atoms with Gasteiger partial charge in [-0.2, -0.15) is 0 Å². The molecule has 0 aliphatic heterocycles. The van der Waals surface area contributed by atoms with E-state index < -0.39 is 0 Å². The maximum absolute atomic E-state index is 13.6. The molecule has 26 heavy (non-hydrogen) atoms. The van der Waals surface area contributed by atoms with Crippen LogP contribution < -0.4 is 0 Å². The molecule has 2 aromatic rings. The maximum atomic E-state index is 13.6. The molecule has 0 aliphatic rings. The van der Waals surface area contributed by atoms with Gasteiger partial charge in [-0.05, 0) is 38.1 Å². The predicted octanol–water partition coefficient (Wildman–Crippen LogP) is 4.40. The van der Waals surface area contributed by atoms with Gasteiger partial charge in [0.15, 0.2) is 0 Å². The standard InChI is InChI=1S/C23H32N2O/c1-5-24(6-2)17-18-25(19(3)4)23(26)22(20-13-9-7-10-14-20)21-15-11-8-12-16-21/h7-16,19,22H,5-6,17-18H2,1-4H3. The van der Waals surface area contributed by atoms with Gasteiger partial charge in [-0.1, -0.05) is 74.5 Å². The first kappa shape index (κ1) is 20.2. The van der Waals surface area contributed by atoms with E-state index in [4.69, 9.17) is 0 Å². The summed E-state index contributed by atoms with van der Waals surface area (Å²) >= 11 is 0. The zero-order valence-corrected chi connectivity index (χ0v) is 16.6. The topological polar surface area (TPSA) is 23.6 Å². The number of rotatable bonds is 9. The Morgan fingerprint density at radius 2 is 1.27 bits per heavy atom. The Morgan fingerprint density at radius 1 is 0.808 bits per heavy atom. The monoisotopic (exact) mass is 352 g/mol. The van der Waals surface area contributed by atoms with E-state index >= 15 is 0 Å². The number of hydrogen-bond donors (Lipinski definition) is 0. The van der Waals surface area contributed by atoms with Crippen molar-refractivity contribution in [2.75, 3.05) is 26.2 Å². The molecular weight excluding hydrogens is 320 g/mol. The van der Waals surface area contributed by atoms with Gasteiger partial charge in [0.25, 0.3) is 0 Å². The molecule has 0 aromatic heterocycles. The van der Waals surface area contributed by atoms with Crippen molar-refractivity contribution in [1.29, 1.82) is 0 Å². The molecule has 2 rings (SSSR count). The van der Waals surface area contributed by atoms with Crippen LogP contribution in [0.25, 0.3) is 0 Å². The van der Waals surface area contributed by atoms with E-state index in [-0.39, 0.29) is 17.9 Å². The van der Waals surface area contributed by atoms with E-state index in [0.717, 1.165) is 37.3 Å². The van der Waals surface area contributed by atoms with E-state index in [1.165, 1.54) is 0 Å². The zero-order chi connectivity index (χ0) is 18.9. The average Bonchev–Trinajstić information content (AvgIpc) is 2.67. The summed E-state index contributed by atoms with van der Waals surface area (Å²) in [6, 6.07) is 20.4. The lowest BCUT2D eigenvalue weighted by atomic mass is 9.89. The Bertz CT molecular complexity index is 611. The van der Waals surface area contributed by atoms with Crippen molar-refractivity contribution in [3.8, 4) is 0 Å². The first-order chi connectivity index (χ1) is 12.6. The second kappa shape index (κ2) is 10.1. The molecule has 0 unspecified atom stereocenters. The summed E-state index contributed by atoms with van der Waals surface area (Å²) in [5, 5.41) is 0. The maximum Gasteiger partial charge on any atom is 0.234 e. The van der Waals surface area contributed by atoms with Crippen LogP contribution >= 0.6 is 0 Å². The van der Waals surface area contributed by atoms with Crippen LogP contribution in [0.2, 0.25) is 0 Å². The lowest BCUT2D eigenvalue weighted by molar-refractivity contribution is -0.133. The molecular formula is C23H32N2O. The number of benzene rings is 2. The van der Waals surface area contributed by atoms with Crippen LogP contribution in [0.4, 0.5) is 0 Å². The Balaban J connectivity index is 2.31. The highest BCUT2D eigenvalue weighted by Crippen LogP contribution is 2.27. The molecule has 0 N–H and O–H groups in total. The molecule has 0 saturated carbocycles. The number of nitrogens with zero attached hydrogens (tertiary/aromatic N) is 2. The van der Waals surface area contributed by atoms with Gasteiger partial charge in [0.05, 0.1) is 5.92 Å². The van der Waals surface area contributed by atoms with Crippen LogP contribution in [-0.2, 0) is 4.79 Å². The number of likely N-dealkylation sites (N-methyl/N-ethyl adjacent to an activating group) is 1. The third kappa shape index (κ3) is 5.18. The van der Waals surface area contributed by atoms with Crippen LogP contribution in [0.5, 0.6) is 0 Å². The van der Waals surface area contributed by atoms with Gasteiger partial charge in [0, 0.05) is 19.1 Å². The van der Waals surface area contributed by atoms with E-state index in [1.807, 2.05) is 41.3 Å². The third-order valence-corrected chi connectivity index (χ3v) is 4.97. The van der Waals surface area contributed by atoms with Gasteiger partial charge >= 0.3 is 0 Å². The molecule has 1 amide bonds. The second-order valence-corrected chi connectivity index (χ2v) is 6.91. The Morgan fingerprint density at radius 3 is 1.65 bits per heavy atom. The van der Waals surface area contributed by atoms with Gasteiger partial charge in [0.2, 0.25) is 5.91 Å². The molecule has 140 valence electrons. The van der Waals surface area contributed by atoms with Crippen LogP contribution in [-0.4, -0.2) is 47.9 Å². The Kier molecular flexibility index (Phi) is 7.86. The lowest BCUT2D eigenvalue weighted by Gasteiger charge is -2.33. The van der Waals surface area contributed by atoms with Crippen molar-refractivity contribution < 1.29 is 4.79 Å². The van der Waals surface area contributed by atoms with Crippen molar-refractivity contribution in [3.05, 3.63) is 71.8 Å². The highest BCUT2D eigenvalue weighted by molar-refractivity contribution is 5.87. The largest absolute Gasteiger partial charge is 0.338 e. The molecule has 0 spiro atoms. The highest BCUT2D eigenvalue weighted by atomic mass is 16.2. The summed E-state index contributed by atoms with van der Waals surface area (Å²) in [5.74, 6) is -0.0685. The summed E-state index contributed by atoms with van der Waals surface area (Å²) in [6.45, 7) is 12.2. The van der Waals surface area contributed by atoms with Crippen molar-refractivity contribution in [3.63, 3.8) is 0 Å². The van der Waals surface area contributed by atoms with Crippen molar-refractivity contribution in [2.24, 2.45) is 0 Å². The van der Waals surface area contributed by atoms with Crippen molar-refractivity contribution in [2.45, 2.75) is 39.7 Å². The van der Waals surface area contributed by atoms with Crippen LogP contribution in [0.3, 0.4) is 0 Å². The number of carbonyl (C=O) groups excluding carboxylic acids is 1. The SMILES string of the molecule is CCN(CC)CCN(C(=O)C(c1ccccc1)c1ccccc1)C(C)C. The van der Waals surface area contributed by atoms with Crippen LogP contribution in [0, 0.1) is 0 Å². The van der Waals surface area contributed by atoms with Crippen LogP contribution in [0.15, 0.2) is 60.7 Å². The number of amides is 1. The summed E-state index contributed by atoms with van der Waals surface area (Å²) in [5.41, 5.74) is 2.11. The van der Waals surface area contributed by atoms with E-state index in [2.05, 4.69) is 56.9 Å². The second-order valence-electron chi connectivity index (χ2n) is 6.91. The predicted molar refractivity (Wildman–Crippen MR) is 109 cm³/mol. The van der Waals surface area contributed by atoms with E-state index in [0.29, 0.717) is 0 Å². The molecule has 0 heterocycles. The van der Waals surface area contributed by atoms with Gasteiger partial charge < -0.3 is 9.80 Å². The van der Waals surface area contributed by atoms with E-state index in [1.54, 1.807) is 0 Å². The van der Waals surface area contributed by atoms with Gasteiger partial charge in [-0.15, -0.1) is 0 Å². The molecule has 0 atom stereocenters.